The van der Waals surface area contributed by atoms with Crippen LogP contribution in [0.4, 0.5) is 0 Å². The first kappa shape index (κ1) is 30.5. The fraction of sp³-hybridized carbons (Fsp3) is 0.424. The van der Waals surface area contributed by atoms with E-state index in [1.165, 1.54) is 0 Å². The third-order valence-corrected chi connectivity index (χ3v) is 7.82. The van der Waals surface area contributed by atoms with Crippen LogP contribution in [0, 0.1) is 5.41 Å². The number of rotatable bonds is 11. The molecule has 1 saturated heterocycles. The summed E-state index contributed by atoms with van der Waals surface area (Å²) in [5.74, 6) is -0.554. The van der Waals surface area contributed by atoms with E-state index in [0.717, 1.165) is 39.8 Å². The number of benzene rings is 3. The maximum atomic E-state index is 13.5. The first-order valence-electron chi connectivity index (χ1n) is 14.4. The molecule has 0 unspecified atom stereocenters. The Labute approximate surface area is 248 Å². The highest BCUT2D eigenvalue weighted by atomic mass is 35.5. The largest absolute Gasteiger partial charge is 0.354 e. The SMILES string of the molecule is CC(C)(C)C(=O)N1CCC[C@H]1C(=O)N[C@H](Cc1ccc2ccccc2c1)C(=O)NCCCNCc1ccccc1Cl. The van der Waals surface area contributed by atoms with Crippen molar-refractivity contribution in [2.45, 2.75) is 65.1 Å². The van der Waals surface area contributed by atoms with E-state index in [-0.39, 0.29) is 17.7 Å². The van der Waals surface area contributed by atoms with Gasteiger partial charge in [0.05, 0.1) is 0 Å². The zero-order valence-corrected chi connectivity index (χ0v) is 25.0. The van der Waals surface area contributed by atoms with Gasteiger partial charge in [-0.2, -0.15) is 0 Å². The van der Waals surface area contributed by atoms with E-state index in [0.29, 0.717) is 39.0 Å². The molecule has 1 fully saturated rings. The van der Waals surface area contributed by atoms with Gasteiger partial charge < -0.3 is 20.9 Å². The molecule has 0 saturated carbocycles. The number of amides is 3. The maximum Gasteiger partial charge on any atom is 0.243 e. The molecular formula is C33H41ClN4O3. The van der Waals surface area contributed by atoms with Gasteiger partial charge in [-0.3, -0.25) is 14.4 Å². The number of hydrogen-bond donors (Lipinski definition) is 3. The van der Waals surface area contributed by atoms with Gasteiger partial charge in [-0.15, -0.1) is 0 Å². The van der Waals surface area contributed by atoms with Crippen molar-refractivity contribution in [2.75, 3.05) is 19.6 Å². The van der Waals surface area contributed by atoms with Gasteiger partial charge in [-0.25, -0.2) is 0 Å². The zero-order chi connectivity index (χ0) is 29.4. The number of carbonyl (C=O) groups excluding carboxylic acids is 3. The van der Waals surface area contributed by atoms with Gasteiger partial charge in [-0.05, 0) is 53.8 Å². The van der Waals surface area contributed by atoms with Gasteiger partial charge >= 0.3 is 0 Å². The molecule has 0 aliphatic carbocycles. The van der Waals surface area contributed by atoms with Crippen molar-refractivity contribution in [3.63, 3.8) is 0 Å². The molecular weight excluding hydrogens is 536 g/mol. The minimum atomic E-state index is -0.757. The number of halogens is 1. The van der Waals surface area contributed by atoms with Crippen LogP contribution in [0.1, 0.15) is 51.2 Å². The second-order valence-corrected chi connectivity index (χ2v) is 12.2. The molecule has 7 nitrogen and oxygen atoms in total. The molecule has 3 aromatic carbocycles. The van der Waals surface area contributed by atoms with Crippen LogP contribution in [-0.4, -0.2) is 54.3 Å². The average molecular weight is 577 g/mol. The van der Waals surface area contributed by atoms with E-state index in [1.54, 1.807) is 4.90 Å². The van der Waals surface area contributed by atoms with E-state index in [1.807, 2.05) is 81.4 Å². The summed E-state index contributed by atoms with van der Waals surface area (Å²) in [7, 11) is 0. The third kappa shape index (κ3) is 8.30. The normalized spacial score (nSPS) is 16.0. The molecule has 0 radical (unpaired) electrons. The van der Waals surface area contributed by atoms with Crippen LogP contribution in [-0.2, 0) is 27.3 Å². The topological polar surface area (TPSA) is 90.5 Å². The second-order valence-electron chi connectivity index (χ2n) is 11.8. The molecule has 1 aliphatic heterocycles. The van der Waals surface area contributed by atoms with E-state index in [9.17, 15) is 14.4 Å². The van der Waals surface area contributed by atoms with E-state index < -0.39 is 17.5 Å². The van der Waals surface area contributed by atoms with Crippen molar-refractivity contribution in [2.24, 2.45) is 5.41 Å². The number of likely N-dealkylation sites (tertiary alicyclic amines) is 1. The van der Waals surface area contributed by atoms with Crippen molar-refractivity contribution in [1.29, 1.82) is 0 Å². The molecule has 3 amide bonds. The Morgan fingerprint density at radius 1 is 0.976 bits per heavy atom. The Bertz CT molecular complexity index is 1370. The molecule has 8 heteroatoms. The van der Waals surface area contributed by atoms with E-state index in [4.69, 9.17) is 11.6 Å². The maximum absolute atomic E-state index is 13.5. The van der Waals surface area contributed by atoms with Crippen LogP contribution in [0.2, 0.25) is 5.02 Å². The minimum absolute atomic E-state index is 0.0463. The van der Waals surface area contributed by atoms with Gasteiger partial charge in [0.25, 0.3) is 0 Å². The Hall–Kier alpha value is -3.42. The summed E-state index contributed by atoms with van der Waals surface area (Å²) in [5, 5.41) is 12.3. The quantitative estimate of drug-likeness (QED) is 0.285. The summed E-state index contributed by atoms with van der Waals surface area (Å²) >= 11 is 6.22. The number of nitrogens with one attached hydrogen (secondary N) is 3. The van der Waals surface area contributed by atoms with Crippen LogP contribution >= 0.6 is 11.6 Å². The average Bonchev–Trinajstić information content (AvgIpc) is 3.44. The number of nitrogens with zero attached hydrogens (tertiary/aromatic N) is 1. The lowest BCUT2D eigenvalue weighted by Crippen LogP contribution is -2.55. The molecule has 3 N–H and O–H groups in total. The molecule has 4 rings (SSSR count). The molecule has 0 aromatic heterocycles. The Balaban J connectivity index is 1.39. The van der Waals surface area contributed by atoms with Crippen LogP contribution < -0.4 is 16.0 Å². The van der Waals surface area contributed by atoms with E-state index in [2.05, 4.69) is 22.0 Å². The highest BCUT2D eigenvalue weighted by molar-refractivity contribution is 6.31. The van der Waals surface area contributed by atoms with Crippen molar-refractivity contribution in [3.8, 4) is 0 Å². The number of carbonyl (C=O) groups is 3. The molecule has 218 valence electrons. The summed E-state index contributed by atoms with van der Waals surface area (Å²) in [6, 6.07) is 20.5. The highest BCUT2D eigenvalue weighted by Crippen LogP contribution is 2.26. The van der Waals surface area contributed by atoms with Crippen molar-refractivity contribution in [3.05, 3.63) is 82.9 Å². The molecule has 1 aliphatic rings. The number of fused-ring (bicyclic) bond motifs is 1. The lowest BCUT2D eigenvalue weighted by Gasteiger charge is -2.31. The van der Waals surface area contributed by atoms with Gasteiger partial charge in [-0.1, -0.05) is 93.0 Å². The summed E-state index contributed by atoms with van der Waals surface area (Å²) < 4.78 is 0. The lowest BCUT2D eigenvalue weighted by molar-refractivity contribution is -0.145. The Morgan fingerprint density at radius 3 is 2.46 bits per heavy atom. The van der Waals surface area contributed by atoms with Gasteiger partial charge in [0, 0.05) is 36.5 Å². The third-order valence-electron chi connectivity index (χ3n) is 7.45. The van der Waals surface area contributed by atoms with Gasteiger partial charge in [0.1, 0.15) is 12.1 Å². The molecule has 0 spiro atoms. The van der Waals surface area contributed by atoms with E-state index >= 15 is 0 Å². The Kier molecular flexibility index (Phi) is 10.4. The van der Waals surface area contributed by atoms with Crippen molar-refractivity contribution >= 4 is 40.1 Å². The first-order chi connectivity index (χ1) is 19.6. The zero-order valence-electron chi connectivity index (χ0n) is 24.2. The van der Waals surface area contributed by atoms with Crippen molar-refractivity contribution in [1.82, 2.24) is 20.9 Å². The standard InChI is InChI=1S/C33H41ClN4O3/c1-33(2,3)32(41)38-19-8-14-29(38)31(40)37-28(21-23-15-16-24-10-4-5-11-25(24)20-23)30(39)36-18-9-17-35-22-26-12-6-7-13-27(26)34/h4-7,10-13,15-16,20,28-29,35H,8-9,14,17-19,21-22H2,1-3H3,(H,36,39)(H,37,40)/t28-,29+/m1/s1. The minimum Gasteiger partial charge on any atom is -0.354 e. The summed E-state index contributed by atoms with van der Waals surface area (Å²) in [6.45, 7) is 7.97. The first-order valence-corrected chi connectivity index (χ1v) is 14.8. The lowest BCUT2D eigenvalue weighted by atomic mass is 9.94. The fourth-order valence-corrected chi connectivity index (χ4v) is 5.41. The van der Waals surface area contributed by atoms with Gasteiger partial charge in [0.2, 0.25) is 17.7 Å². The van der Waals surface area contributed by atoms with Crippen molar-refractivity contribution < 1.29 is 14.4 Å². The molecule has 3 aromatic rings. The molecule has 0 bridgehead atoms. The Morgan fingerprint density at radius 2 is 1.71 bits per heavy atom. The smallest absolute Gasteiger partial charge is 0.243 e. The van der Waals surface area contributed by atoms with Gasteiger partial charge in [0.15, 0.2) is 0 Å². The van der Waals surface area contributed by atoms with Crippen LogP contribution in [0.5, 0.6) is 0 Å². The van der Waals surface area contributed by atoms with Crippen LogP contribution in [0.25, 0.3) is 10.8 Å². The summed E-state index contributed by atoms with van der Waals surface area (Å²) in [6.07, 6.45) is 2.44. The predicted molar refractivity (Wildman–Crippen MR) is 165 cm³/mol. The monoisotopic (exact) mass is 576 g/mol. The number of hydrogen-bond acceptors (Lipinski definition) is 4. The summed E-state index contributed by atoms with van der Waals surface area (Å²) in [4.78, 5) is 41.5. The summed E-state index contributed by atoms with van der Waals surface area (Å²) in [5.41, 5.74) is 1.41. The molecule has 41 heavy (non-hydrogen) atoms. The molecule has 2 atom stereocenters. The highest BCUT2D eigenvalue weighted by Gasteiger charge is 2.39. The van der Waals surface area contributed by atoms with Crippen LogP contribution in [0.15, 0.2) is 66.7 Å². The fourth-order valence-electron chi connectivity index (χ4n) is 5.20. The van der Waals surface area contributed by atoms with Crippen LogP contribution in [0.3, 0.4) is 0 Å². The predicted octanol–water partition coefficient (Wildman–Crippen LogP) is 4.85. The molecule has 1 heterocycles. The second kappa shape index (κ2) is 14.0.